The maximum absolute atomic E-state index is 2.57. The molecule has 0 saturated heterocycles. The van der Waals surface area contributed by atoms with E-state index in [-0.39, 0.29) is 0 Å². The van der Waals surface area contributed by atoms with Crippen LogP contribution in [-0.2, 0) is 0 Å². The van der Waals surface area contributed by atoms with Crippen LogP contribution in [0.25, 0.3) is 0 Å². The fraction of sp³-hybridized carbons (Fsp3) is 0.846. The molecule has 72 valence electrons. The molecule has 0 aromatic carbocycles. The Balaban J connectivity index is 2.00. The van der Waals surface area contributed by atoms with Crippen LogP contribution in [0.1, 0.15) is 46.0 Å². The Labute approximate surface area is 81.4 Å². The second-order valence-electron chi connectivity index (χ2n) is 5.96. The van der Waals surface area contributed by atoms with E-state index in [1.807, 2.05) is 5.57 Å². The molecule has 2 fully saturated rings. The standard InChI is InChI=1S/C13H20/c1-13(2)7-6-9-8-12(13)11-5-3-4-10(9)11/h5,9-10,12H,3-4,6-8H2,1-2H3. The first kappa shape index (κ1) is 8.08. The van der Waals surface area contributed by atoms with E-state index in [0.29, 0.717) is 5.41 Å². The SMILES string of the molecule is CC1(C)CCC2CC1C1=CCCC12. The summed E-state index contributed by atoms with van der Waals surface area (Å²) in [6.45, 7) is 4.96. The minimum absolute atomic E-state index is 0.613. The Bertz CT molecular complexity index is 259. The average Bonchev–Trinajstić information content (AvgIpc) is 2.58. The average molecular weight is 176 g/mol. The highest BCUT2D eigenvalue weighted by Gasteiger charge is 2.49. The van der Waals surface area contributed by atoms with Gasteiger partial charge in [0.25, 0.3) is 0 Å². The predicted molar refractivity (Wildman–Crippen MR) is 55.4 cm³/mol. The summed E-state index contributed by atoms with van der Waals surface area (Å²) >= 11 is 0. The van der Waals surface area contributed by atoms with Crippen molar-refractivity contribution in [1.29, 1.82) is 0 Å². The second-order valence-corrected chi connectivity index (χ2v) is 5.96. The van der Waals surface area contributed by atoms with Gasteiger partial charge in [-0.2, -0.15) is 0 Å². The highest BCUT2D eigenvalue weighted by molar-refractivity contribution is 5.26. The highest BCUT2D eigenvalue weighted by Crippen LogP contribution is 2.60. The first-order valence-corrected chi connectivity index (χ1v) is 5.88. The molecular formula is C13H20. The Morgan fingerprint density at radius 1 is 1.31 bits per heavy atom. The van der Waals surface area contributed by atoms with E-state index in [4.69, 9.17) is 0 Å². The molecule has 3 rings (SSSR count). The van der Waals surface area contributed by atoms with E-state index in [1.54, 1.807) is 0 Å². The summed E-state index contributed by atoms with van der Waals surface area (Å²) in [6, 6.07) is 0. The van der Waals surface area contributed by atoms with Crippen molar-refractivity contribution in [3.8, 4) is 0 Å². The van der Waals surface area contributed by atoms with Gasteiger partial charge in [-0.3, -0.25) is 0 Å². The van der Waals surface area contributed by atoms with Gasteiger partial charge in [-0.15, -0.1) is 0 Å². The third-order valence-electron chi connectivity index (χ3n) is 4.90. The lowest BCUT2D eigenvalue weighted by molar-refractivity contribution is 0.157. The van der Waals surface area contributed by atoms with Gasteiger partial charge in [-0.1, -0.05) is 25.5 Å². The van der Waals surface area contributed by atoms with Gasteiger partial charge in [-0.05, 0) is 55.3 Å². The summed E-state index contributed by atoms with van der Waals surface area (Å²) in [6.07, 6.45) is 9.92. The van der Waals surface area contributed by atoms with Crippen LogP contribution in [0.5, 0.6) is 0 Å². The molecule has 0 spiro atoms. The zero-order chi connectivity index (χ0) is 9.05. The Hall–Kier alpha value is -0.260. The summed E-state index contributed by atoms with van der Waals surface area (Å²) in [4.78, 5) is 0. The molecule has 0 radical (unpaired) electrons. The molecular weight excluding hydrogens is 156 g/mol. The normalized spacial score (nSPS) is 46.0. The lowest BCUT2D eigenvalue weighted by Crippen LogP contribution is -2.26. The van der Waals surface area contributed by atoms with Crippen LogP contribution >= 0.6 is 0 Å². The molecule has 0 aliphatic heterocycles. The van der Waals surface area contributed by atoms with Gasteiger partial charge in [0.2, 0.25) is 0 Å². The Kier molecular flexibility index (Phi) is 1.49. The fourth-order valence-corrected chi connectivity index (χ4v) is 4.08. The molecule has 3 aliphatic carbocycles. The van der Waals surface area contributed by atoms with Crippen molar-refractivity contribution >= 4 is 0 Å². The summed E-state index contributed by atoms with van der Waals surface area (Å²) < 4.78 is 0. The number of rotatable bonds is 0. The van der Waals surface area contributed by atoms with Crippen molar-refractivity contribution in [1.82, 2.24) is 0 Å². The van der Waals surface area contributed by atoms with Gasteiger partial charge in [0.05, 0.1) is 0 Å². The molecule has 0 nitrogen and oxygen atoms in total. The molecule has 13 heavy (non-hydrogen) atoms. The molecule has 3 atom stereocenters. The summed E-state index contributed by atoms with van der Waals surface area (Å²) in [5.41, 5.74) is 2.48. The van der Waals surface area contributed by atoms with Gasteiger partial charge < -0.3 is 0 Å². The topological polar surface area (TPSA) is 0 Å². The van der Waals surface area contributed by atoms with E-state index in [9.17, 15) is 0 Å². The number of hydrogen-bond acceptors (Lipinski definition) is 0. The molecule has 2 bridgehead atoms. The molecule has 0 N–H and O–H groups in total. The Morgan fingerprint density at radius 2 is 2.15 bits per heavy atom. The van der Waals surface area contributed by atoms with E-state index in [1.165, 1.54) is 32.1 Å². The van der Waals surface area contributed by atoms with Crippen LogP contribution in [0.15, 0.2) is 11.6 Å². The lowest BCUT2D eigenvalue weighted by Gasteiger charge is -2.36. The zero-order valence-corrected chi connectivity index (χ0v) is 8.84. The molecule has 0 heteroatoms. The van der Waals surface area contributed by atoms with Gasteiger partial charge >= 0.3 is 0 Å². The van der Waals surface area contributed by atoms with Crippen LogP contribution in [0.3, 0.4) is 0 Å². The van der Waals surface area contributed by atoms with Crippen molar-refractivity contribution in [3.05, 3.63) is 11.6 Å². The largest absolute Gasteiger partial charge is 0.0847 e. The van der Waals surface area contributed by atoms with Gasteiger partial charge in [0.1, 0.15) is 0 Å². The van der Waals surface area contributed by atoms with E-state index >= 15 is 0 Å². The van der Waals surface area contributed by atoms with E-state index in [0.717, 1.165) is 17.8 Å². The van der Waals surface area contributed by atoms with Gasteiger partial charge in [-0.25, -0.2) is 0 Å². The number of hydrogen-bond donors (Lipinski definition) is 0. The fourth-order valence-electron chi connectivity index (χ4n) is 4.08. The van der Waals surface area contributed by atoms with Gasteiger partial charge in [0, 0.05) is 0 Å². The molecule has 0 aromatic heterocycles. The van der Waals surface area contributed by atoms with Crippen molar-refractivity contribution in [3.63, 3.8) is 0 Å². The first-order valence-electron chi connectivity index (χ1n) is 5.88. The molecule has 0 amide bonds. The van der Waals surface area contributed by atoms with Crippen molar-refractivity contribution in [2.45, 2.75) is 46.0 Å². The maximum atomic E-state index is 2.57. The first-order chi connectivity index (χ1) is 6.18. The maximum Gasteiger partial charge on any atom is -0.0146 e. The molecule has 0 heterocycles. The minimum atomic E-state index is 0.613. The van der Waals surface area contributed by atoms with Crippen LogP contribution in [0.4, 0.5) is 0 Å². The molecule has 2 saturated carbocycles. The van der Waals surface area contributed by atoms with Crippen LogP contribution in [-0.4, -0.2) is 0 Å². The van der Waals surface area contributed by atoms with Crippen LogP contribution in [0.2, 0.25) is 0 Å². The summed E-state index contributed by atoms with van der Waals surface area (Å²) in [5.74, 6) is 3.05. The summed E-state index contributed by atoms with van der Waals surface area (Å²) in [5, 5.41) is 0. The predicted octanol–water partition coefficient (Wildman–Crippen LogP) is 3.78. The number of fused-ring (bicyclic) bond motifs is 5. The Morgan fingerprint density at radius 3 is 3.00 bits per heavy atom. The van der Waals surface area contributed by atoms with Crippen molar-refractivity contribution in [2.75, 3.05) is 0 Å². The molecule has 3 unspecified atom stereocenters. The van der Waals surface area contributed by atoms with Gasteiger partial charge in [0.15, 0.2) is 0 Å². The quantitative estimate of drug-likeness (QED) is 0.493. The van der Waals surface area contributed by atoms with Crippen molar-refractivity contribution in [2.24, 2.45) is 23.2 Å². The zero-order valence-electron chi connectivity index (χ0n) is 8.84. The smallest absolute Gasteiger partial charge is 0.0146 e. The van der Waals surface area contributed by atoms with E-state index < -0.39 is 0 Å². The van der Waals surface area contributed by atoms with Crippen molar-refractivity contribution < 1.29 is 0 Å². The summed E-state index contributed by atoms with van der Waals surface area (Å²) in [7, 11) is 0. The van der Waals surface area contributed by atoms with Crippen LogP contribution in [0, 0.1) is 23.2 Å². The lowest BCUT2D eigenvalue weighted by atomic mass is 9.68. The molecule has 0 aromatic rings. The second kappa shape index (κ2) is 2.40. The minimum Gasteiger partial charge on any atom is -0.0847 e. The van der Waals surface area contributed by atoms with E-state index in [2.05, 4.69) is 19.9 Å². The molecule has 3 aliphatic rings. The third kappa shape index (κ3) is 0.978. The monoisotopic (exact) mass is 176 g/mol. The third-order valence-corrected chi connectivity index (χ3v) is 4.90. The van der Waals surface area contributed by atoms with Crippen LogP contribution < -0.4 is 0 Å². The number of allylic oxidation sites excluding steroid dienone is 2. The highest BCUT2D eigenvalue weighted by atomic mass is 14.5.